The van der Waals surface area contributed by atoms with E-state index >= 15 is 0 Å². The van der Waals surface area contributed by atoms with Gasteiger partial charge in [-0.15, -0.1) is 0 Å². The first kappa shape index (κ1) is 34.2. The van der Waals surface area contributed by atoms with Gasteiger partial charge in [-0.2, -0.15) is 0 Å². The third-order valence-electron chi connectivity index (χ3n) is 9.14. The van der Waals surface area contributed by atoms with Gasteiger partial charge in [0, 0.05) is 74.1 Å². The summed E-state index contributed by atoms with van der Waals surface area (Å²) in [6.45, 7) is 4.41. The molecule has 4 heterocycles. The van der Waals surface area contributed by atoms with E-state index in [2.05, 4.69) is 14.8 Å². The van der Waals surface area contributed by atoms with Crippen molar-refractivity contribution in [2.24, 2.45) is 5.92 Å². The molecule has 0 aliphatic carbocycles. The summed E-state index contributed by atoms with van der Waals surface area (Å²) < 4.78 is 11.3. The van der Waals surface area contributed by atoms with Crippen molar-refractivity contribution in [3.8, 4) is 34.0 Å². The Labute approximate surface area is 290 Å². The van der Waals surface area contributed by atoms with Crippen molar-refractivity contribution in [3.63, 3.8) is 0 Å². The van der Waals surface area contributed by atoms with Gasteiger partial charge in [0.2, 0.25) is 5.88 Å². The lowest BCUT2D eigenvalue weighted by Gasteiger charge is -2.28. The van der Waals surface area contributed by atoms with Crippen LogP contribution in [0.3, 0.4) is 0 Å². The molecule has 2 aromatic heterocycles. The maximum absolute atomic E-state index is 13.6. The van der Waals surface area contributed by atoms with E-state index < -0.39 is 0 Å². The van der Waals surface area contributed by atoms with Gasteiger partial charge >= 0.3 is 0 Å². The minimum atomic E-state index is -0.183. The lowest BCUT2D eigenvalue weighted by Crippen LogP contribution is -2.34. The largest absolute Gasteiger partial charge is 0.496 e. The van der Waals surface area contributed by atoms with Crippen LogP contribution >= 0.6 is 23.2 Å². The van der Waals surface area contributed by atoms with Gasteiger partial charge in [0.1, 0.15) is 17.1 Å². The quantitative estimate of drug-likeness (QED) is 0.194. The molecular formula is C36H39Cl2N5O5. The Kier molecular flexibility index (Phi) is 10.9. The van der Waals surface area contributed by atoms with E-state index in [-0.39, 0.29) is 31.3 Å². The number of likely N-dealkylation sites (tertiary alicyclic amines) is 1. The zero-order valence-corrected chi connectivity index (χ0v) is 28.6. The maximum atomic E-state index is 13.6. The molecule has 2 aliphatic heterocycles. The van der Waals surface area contributed by atoms with Gasteiger partial charge in [-0.1, -0.05) is 59.6 Å². The summed E-state index contributed by atoms with van der Waals surface area (Å²) in [6, 6.07) is 12.9. The summed E-state index contributed by atoms with van der Waals surface area (Å²) in [5, 5.41) is 19.8. The number of fused-ring (bicyclic) bond motifs is 1. The smallest absolute Gasteiger partial charge is 0.237 e. The van der Waals surface area contributed by atoms with E-state index in [4.69, 9.17) is 42.6 Å². The molecule has 1 saturated heterocycles. The van der Waals surface area contributed by atoms with Crippen molar-refractivity contribution in [3.05, 3.63) is 86.9 Å². The maximum Gasteiger partial charge on any atom is 0.237 e. The Bertz CT molecular complexity index is 1810. The second kappa shape index (κ2) is 15.3. The number of ether oxygens (including phenoxy) is 2. The number of rotatable bonds is 12. The standard InChI is InChI=1S/C36H39Cl2N5O5/c1-47-33-16-28(40-30-19-42(13-14-44)12-10-26(30)33)32(46)15-23-5-3-6-24(34(23)37)25-7-4-8-27(35(25)38)29-17-39-31(36(41-29)48-2)20-43-11-9-22(18-43)21-45/h3-8,16-17,22,44-45H,9-15,18-21H2,1-2H3. The Morgan fingerprint density at radius 1 is 0.979 bits per heavy atom. The van der Waals surface area contributed by atoms with Crippen LogP contribution in [0, 0.1) is 5.92 Å². The molecule has 252 valence electrons. The second-order valence-corrected chi connectivity index (χ2v) is 13.0. The van der Waals surface area contributed by atoms with Gasteiger partial charge in [0.15, 0.2) is 5.78 Å². The first-order chi connectivity index (χ1) is 23.3. The van der Waals surface area contributed by atoms with Gasteiger partial charge in [-0.3, -0.25) is 19.6 Å². The first-order valence-corrected chi connectivity index (χ1v) is 16.8. The first-order valence-electron chi connectivity index (χ1n) is 16.1. The molecule has 0 saturated carbocycles. The molecule has 1 atom stereocenters. The average Bonchev–Trinajstić information content (AvgIpc) is 3.56. The molecule has 0 spiro atoms. The Morgan fingerprint density at radius 2 is 1.75 bits per heavy atom. The van der Waals surface area contributed by atoms with Crippen LogP contribution < -0.4 is 9.47 Å². The van der Waals surface area contributed by atoms with E-state index in [0.717, 1.165) is 49.4 Å². The number of pyridine rings is 1. The van der Waals surface area contributed by atoms with E-state index in [1.54, 1.807) is 26.5 Å². The van der Waals surface area contributed by atoms with Gasteiger partial charge in [0.25, 0.3) is 0 Å². The molecule has 48 heavy (non-hydrogen) atoms. The van der Waals surface area contributed by atoms with E-state index in [9.17, 15) is 15.0 Å². The summed E-state index contributed by atoms with van der Waals surface area (Å²) in [6.07, 6.45) is 3.43. The topological polar surface area (TPSA) is 121 Å². The monoisotopic (exact) mass is 691 g/mol. The number of hydrogen-bond acceptors (Lipinski definition) is 10. The molecule has 2 aromatic carbocycles. The lowest BCUT2D eigenvalue weighted by molar-refractivity contribution is 0.0986. The van der Waals surface area contributed by atoms with Crippen molar-refractivity contribution in [1.29, 1.82) is 0 Å². The fourth-order valence-corrected chi connectivity index (χ4v) is 7.18. The Hall–Kier alpha value is -3.64. The fraction of sp³-hybridized carbons (Fsp3) is 0.389. The number of aliphatic hydroxyl groups is 2. The van der Waals surface area contributed by atoms with Crippen LogP contribution in [0.5, 0.6) is 11.6 Å². The van der Waals surface area contributed by atoms with Crippen LogP contribution in [0.4, 0.5) is 0 Å². The van der Waals surface area contributed by atoms with E-state index in [1.165, 1.54) is 0 Å². The number of carbonyl (C=O) groups excluding carboxylic acids is 1. The number of carbonyl (C=O) groups is 1. The second-order valence-electron chi connectivity index (χ2n) is 12.2. The molecule has 2 N–H and O–H groups in total. The number of Topliss-reactive ketones (excluding diaryl/α,β-unsaturated/α-hetero) is 1. The van der Waals surface area contributed by atoms with Crippen LogP contribution in [0.2, 0.25) is 10.0 Å². The fourth-order valence-electron chi connectivity index (χ4n) is 6.56. The van der Waals surface area contributed by atoms with E-state index in [1.807, 2.05) is 36.4 Å². The number of halogens is 2. The van der Waals surface area contributed by atoms with Crippen molar-refractivity contribution in [2.45, 2.75) is 32.4 Å². The minimum Gasteiger partial charge on any atom is -0.496 e. The predicted molar refractivity (Wildman–Crippen MR) is 185 cm³/mol. The van der Waals surface area contributed by atoms with Crippen LogP contribution in [0.25, 0.3) is 22.4 Å². The molecule has 4 aromatic rings. The van der Waals surface area contributed by atoms with Crippen LogP contribution in [-0.2, 0) is 25.9 Å². The van der Waals surface area contributed by atoms with Gasteiger partial charge in [-0.05, 0) is 30.9 Å². The highest BCUT2D eigenvalue weighted by molar-refractivity contribution is 6.38. The Balaban J connectivity index is 1.25. The molecule has 0 amide bonds. The molecule has 12 heteroatoms. The molecule has 1 unspecified atom stereocenters. The van der Waals surface area contributed by atoms with Gasteiger partial charge < -0.3 is 19.7 Å². The molecule has 1 fully saturated rings. The highest BCUT2D eigenvalue weighted by Crippen LogP contribution is 2.40. The van der Waals surface area contributed by atoms with Gasteiger partial charge in [-0.25, -0.2) is 9.97 Å². The van der Waals surface area contributed by atoms with Crippen molar-refractivity contribution >= 4 is 29.0 Å². The summed E-state index contributed by atoms with van der Waals surface area (Å²) in [5.74, 6) is 1.17. The summed E-state index contributed by atoms with van der Waals surface area (Å²) >= 11 is 14.0. The summed E-state index contributed by atoms with van der Waals surface area (Å²) in [4.78, 5) is 32.1. The number of benzene rings is 2. The zero-order chi connectivity index (χ0) is 33.8. The Morgan fingerprint density at radius 3 is 2.48 bits per heavy atom. The van der Waals surface area contributed by atoms with Crippen LogP contribution in [0.1, 0.15) is 39.4 Å². The summed E-state index contributed by atoms with van der Waals surface area (Å²) in [7, 11) is 3.17. The summed E-state index contributed by atoms with van der Waals surface area (Å²) in [5.41, 5.74) is 6.09. The normalized spacial score (nSPS) is 16.6. The van der Waals surface area contributed by atoms with E-state index in [0.29, 0.717) is 75.0 Å². The number of aromatic nitrogens is 3. The third kappa shape index (κ3) is 7.19. The minimum absolute atomic E-state index is 0.0412. The molecule has 6 rings (SSSR count). The molecular weight excluding hydrogens is 653 g/mol. The average molecular weight is 693 g/mol. The molecule has 0 bridgehead atoms. The number of aliphatic hydroxyl groups excluding tert-OH is 2. The predicted octanol–water partition coefficient (Wildman–Crippen LogP) is 5.12. The number of hydrogen-bond donors (Lipinski definition) is 2. The number of nitrogens with zero attached hydrogens (tertiary/aromatic N) is 5. The number of ketones is 1. The number of methoxy groups -OCH3 is 2. The van der Waals surface area contributed by atoms with Crippen LogP contribution in [0.15, 0.2) is 48.7 Å². The highest BCUT2D eigenvalue weighted by atomic mass is 35.5. The van der Waals surface area contributed by atoms with Gasteiger partial charge in [0.05, 0.1) is 48.5 Å². The lowest BCUT2D eigenvalue weighted by atomic mass is 9.97. The third-order valence-corrected chi connectivity index (χ3v) is 10.00. The highest BCUT2D eigenvalue weighted by Gasteiger charge is 2.26. The SMILES string of the molecule is COc1cc(C(=O)Cc2cccc(-c3cccc(-c4cnc(CN5CCC(CO)C5)c(OC)n4)c3Cl)c2Cl)nc2c1CCN(CCO)C2. The molecule has 2 aliphatic rings. The van der Waals surface area contributed by atoms with Crippen molar-refractivity contribution in [2.75, 3.05) is 53.6 Å². The van der Waals surface area contributed by atoms with Crippen LogP contribution in [-0.4, -0.2) is 94.4 Å². The van der Waals surface area contributed by atoms with Crippen molar-refractivity contribution in [1.82, 2.24) is 24.8 Å². The molecule has 10 nitrogen and oxygen atoms in total. The number of β-amino-alcohol motifs (C(OH)–C–C–N with tert-alkyl or cyclic N) is 1. The van der Waals surface area contributed by atoms with Crippen molar-refractivity contribution < 1.29 is 24.5 Å². The zero-order valence-electron chi connectivity index (χ0n) is 27.1. The molecule has 0 radical (unpaired) electrons.